The van der Waals surface area contributed by atoms with Crippen molar-refractivity contribution in [2.24, 2.45) is 0 Å². The summed E-state index contributed by atoms with van der Waals surface area (Å²) in [6, 6.07) is 6.01. The summed E-state index contributed by atoms with van der Waals surface area (Å²) in [5, 5.41) is 0. The molecule has 0 aliphatic carbocycles. The predicted octanol–water partition coefficient (Wildman–Crippen LogP) is 4.02. The van der Waals surface area contributed by atoms with Gasteiger partial charge in [0, 0.05) is 22.6 Å². The lowest BCUT2D eigenvalue weighted by atomic mass is 10.1. The summed E-state index contributed by atoms with van der Waals surface area (Å²) in [4.78, 5) is 14.3. The van der Waals surface area contributed by atoms with E-state index in [0.717, 1.165) is 28.6 Å². The molecular formula is C14H20BrNO. The Labute approximate surface area is 112 Å². The molecule has 0 aliphatic heterocycles. The van der Waals surface area contributed by atoms with Gasteiger partial charge >= 0.3 is 0 Å². The number of amides is 1. The van der Waals surface area contributed by atoms with Crippen molar-refractivity contribution >= 4 is 21.8 Å². The molecule has 0 heterocycles. The second kappa shape index (κ2) is 6.20. The van der Waals surface area contributed by atoms with Crippen molar-refractivity contribution in [3.8, 4) is 0 Å². The minimum absolute atomic E-state index is 0.113. The molecule has 0 bridgehead atoms. The molecule has 1 aromatic carbocycles. The smallest absolute Gasteiger partial charge is 0.254 e. The minimum atomic E-state index is 0.113. The van der Waals surface area contributed by atoms with Crippen LogP contribution in [0, 0.1) is 6.92 Å². The lowest BCUT2D eigenvalue weighted by Crippen LogP contribution is -2.37. The van der Waals surface area contributed by atoms with Crippen molar-refractivity contribution in [2.45, 2.75) is 40.2 Å². The summed E-state index contributed by atoms with van der Waals surface area (Å²) in [7, 11) is 0. The van der Waals surface area contributed by atoms with Gasteiger partial charge in [0.05, 0.1) is 0 Å². The highest BCUT2D eigenvalue weighted by atomic mass is 79.9. The van der Waals surface area contributed by atoms with Gasteiger partial charge in [-0.2, -0.15) is 0 Å². The molecule has 1 aromatic rings. The molecule has 0 atom stereocenters. The molecule has 1 amide bonds. The Kier molecular flexibility index (Phi) is 5.19. The molecule has 2 nitrogen and oxygen atoms in total. The first kappa shape index (κ1) is 14.2. The van der Waals surface area contributed by atoms with Crippen molar-refractivity contribution in [3.05, 3.63) is 33.8 Å². The van der Waals surface area contributed by atoms with Crippen LogP contribution >= 0.6 is 15.9 Å². The van der Waals surface area contributed by atoms with E-state index in [1.807, 2.05) is 30.0 Å². The van der Waals surface area contributed by atoms with Gasteiger partial charge in [-0.05, 0) is 44.9 Å². The second-order valence-electron chi connectivity index (χ2n) is 4.56. The standard InChI is InChI=1S/C14H20BrNO/c1-5-8-16(10(2)3)14(17)12-7-6-11(4)13(15)9-12/h6-7,9-10H,5,8H2,1-4H3. The molecule has 0 aliphatic rings. The predicted molar refractivity (Wildman–Crippen MR) is 75.3 cm³/mol. The quantitative estimate of drug-likeness (QED) is 0.822. The molecular weight excluding hydrogens is 278 g/mol. The molecule has 0 aromatic heterocycles. The van der Waals surface area contributed by atoms with Crippen LogP contribution in [0.15, 0.2) is 22.7 Å². The number of hydrogen-bond acceptors (Lipinski definition) is 1. The first-order chi connectivity index (χ1) is 7.97. The minimum Gasteiger partial charge on any atom is -0.336 e. The van der Waals surface area contributed by atoms with Gasteiger partial charge < -0.3 is 4.90 Å². The Balaban J connectivity index is 2.97. The monoisotopic (exact) mass is 297 g/mol. The van der Waals surface area contributed by atoms with E-state index < -0.39 is 0 Å². The maximum Gasteiger partial charge on any atom is 0.254 e. The van der Waals surface area contributed by atoms with Gasteiger partial charge in [-0.15, -0.1) is 0 Å². The molecule has 3 heteroatoms. The van der Waals surface area contributed by atoms with Crippen molar-refractivity contribution in [3.63, 3.8) is 0 Å². The summed E-state index contributed by atoms with van der Waals surface area (Å²) in [5.41, 5.74) is 1.90. The van der Waals surface area contributed by atoms with E-state index in [2.05, 4.69) is 36.7 Å². The Morgan fingerprint density at radius 3 is 2.53 bits per heavy atom. The topological polar surface area (TPSA) is 20.3 Å². The molecule has 0 fully saturated rings. The third-order valence-electron chi connectivity index (χ3n) is 2.77. The average molecular weight is 298 g/mol. The van der Waals surface area contributed by atoms with Crippen LogP contribution in [0.3, 0.4) is 0 Å². The highest BCUT2D eigenvalue weighted by Gasteiger charge is 2.18. The molecule has 17 heavy (non-hydrogen) atoms. The zero-order valence-corrected chi connectivity index (χ0v) is 12.5. The summed E-state index contributed by atoms with van der Waals surface area (Å²) < 4.78 is 0.989. The van der Waals surface area contributed by atoms with E-state index in [-0.39, 0.29) is 11.9 Å². The highest BCUT2D eigenvalue weighted by Crippen LogP contribution is 2.19. The van der Waals surface area contributed by atoms with Crippen LogP contribution in [0.4, 0.5) is 0 Å². The largest absolute Gasteiger partial charge is 0.336 e. The fraction of sp³-hybridized carbons (Fsp3) is 0.500. The molecule has 0 saturated heterocycles. The van der Waals surface area contributed by atoms with Gasteiger partial charge in [-0.1, -0.05) is 28.9 Å². The van der Waals surface area contributed by atoms with E-state index in [1.165, 1.54) is 0 Å². The van der Waals surface area contributed by atoms with Crippen LogP contribution in [-0.4, -0.2) is 23.4 Å². The maximum absolute atomic E-state index is 12.3. The SMILES string of the molecule is CCCN(C(=O)c1ccc(C)c(Br)c1)C(C)C. The van der Waals surface area contributed by atoms with Crippen LogP contribution in [-0.2, 0) is 0 Å². The van der Waals surface area contributed by atoms with Gasteiger partial charge in [0.15, 0.2) is 0 Å². The lowest BCUT2D eigenvalue weighted by Gasteiger charge is -2.26. The first-order valence-corrected chi connectivity index (χ1v) is 6.83. The van der Waals surface area contributed by atoms with Crippen LogP contribution in [0.25, 0.3) is 0 Å². The third kappa shape index (κ3) is 3.56. The van der Waals surface area contributed by atoms with E-state index >= 15 is 0 Å². The Bertz CT molecular complexity index is 401. The van der Waals surface area contributed by atoms with Crippen molar-refractivity contribution < 1.29 is 4.79 Å². The molecule has 0 spiro atoms. The number of aryl methyl sites for hydroxylation is 1. The summed E-state index contributed by atoms with van der Waals surface area (Å²) in [5.74, 6) is 0.113. The van der Waals surface area contributed by atoms with Crippen LogP contribution in [0.1, 0.15) is 43.1 Å². The molecule has 1 rings (SSSR count). The number of carbonyl (C=O) groups is 1. The Morgan fingerprint density at radius 2 is 2.06 bits per heavy atom. The lowest BCUT2D eigenvalue weighted by molar-refractivity contribution is 0.0706. The van der Waals surface area contributed by atoms with Gasteiger partial charge in [-0.3, -0.25) is 4.79 Å². The number of rotatable bonds is 4. The molecule has 0 radical (unpaired) electrons. The van der Waals surface area contributed by atoms with E-state index in [0.29, 0.717) is 0 Å². The Hall–Kier alpha value is -0.830. The van der Waals surface area contributed by atoms with Gasteiger partial charge in [-0.25, -0.2) is 0 Å². The van der Waals surface area contributed by atoms with Crippen LogP contribution in [0.5, 0.6) is 0 Å². The molecule has 0 unspecified atom stereocenters. The number of benzene rings is 1. The van der Waals surface area contributed by atoms with Gasteiger partial charge in [0.25, 0.3) is 5.91 Å². The van der Waals surface area contributed by atoms with Crippen molar-refractivity contribution in [1.29, 1.82) is 0 Å². The zero-order valence-electron chi connectivity index (χ0n) is 11.0. The molecule has 0 N–H and O–H groups in total. The summed E-state index contributed by atoms with van der Waals surface area (Å²) in [6.45, 7) is 9.02. The number of hydrogen-bond donors (Lipinski definition) is 0. The van der Waals surface area contributed by atoms with Crippen molar-refractivity contribution in [1.82, 2.24) is 4.90 Å². The molecule has 94 valence electrons. The van der Waals surface area contributed by atoms with Crippen LogP contribution < -0.4 is 0 Å². The van der Waals surface area contributed by atoms with E-state index in [4.69, 9.17) is 0 Å². The second-order valence-corrected chi connectivity index (χ2v) is 5.41. The number of halogens is 1. The zero-order chi connectivity index (χ0) is 13.0. The van der Waals surface area contributed by atoms with Gasteiger partial charge in [0.1, 0.15) is 0 Å². The summed E-state index contributed by atoms with van der Waals surface area (Å²) >= 11 is 3.47. The Morgan fingerprint density at radius 1 is 1.41 bits per heavy atom. The van der Waals surface area contributed by atoms with Gasteiger partial charge in [0.2, 0.25) is 0 Å². The fourth-order valence-corrected chi connectivity index (χ4v) is 2.11. The normalized spacial score (nSPS) is 10.7. The maximum atomic E-state index is 12.3. The van der Waals surface area contributed by atoms with E-state index in [1.54, 1.807) is 0 Å². The van der Waals surface area contributed by atoms with Crippen molar-refractivity contribution in [2.75, 3.05) is 6.54 Å². The summed E-state index contributed by atoms with van der Waals surface area (Å²) in [6.07, 6.45) is 0.983. The number of nitrogens with zero attached hydrogens (tertiary/aromatic N) is 1. The third-order valence-corrected chi connectivity index (χ3v) is 3.62. The number of carbonyl (C=O) groups excluding carboxylic acids is 1. The average Bonchev–Trinajstić information content (AvgIpc) is 2.28. The van der Waals surface area contributed by atoms with Crippen LogP contribution in [0.2, 0.25) is 0 Å². The highest BCUT2D eigenvalue weighted by molar-refractivity contribution is 9.10. The van der Waals surface area contributed by atoms with E-state index in [9.17, 15) is 4.79 Å². The fourth-order valence-electron chi connectivity index (χ4n) is 1.73. The molecule has 0 saturated carbocycles. The first-order valence-electron chi connectivity index (χ1n) is 6.04.